The highest BCUT2D eigenvalue weighted by atomic mass is 35.5. The topological polar surface area (TPSA) is 101 Å². The molecule has 0 aromatic heterocycles. The zero-order valence-corrected chi connectivity index (χ0v) is 16.4. The fraction of sp³-hybridized carbons (Fsp3) is 0.200. The minimum Gasteiger partial charge on any atom is -0.346 e. The van der Waals surface area contributed by atoms with Crippen molar-refractivity contribution in [2.45, 2.75) is 26.3 Å². The Bertz CT molecular complexity index is 914. The Morgan fingerprint density at radius 1 is 1.04 bits per heavy atom. The first-order valence-corrected chi connectivity index (χ1v) is 8.78. The van der Waals surface area contributed by atoms with Crippen molar-refractivity contribution in [3.05, 3.63) is 80.5 Å². The van der Waals surface area contributed by atoms with Gasteiger partial charge in [-0.1, -0.05) is 23.7 Å². The lowest BCUT2D eigenvalue weighted by Crippen LogP contribution is -2.44. The molecule has 0 aliphatic carbocycles. The van der Waals surface area contributed by atoms with Crippen LogP contribution in [0.25, 0.3) is 6.08 Å². The normalized spacial score (nSPS) is 11.6. The van der Waals surface area contributed by atoms with Crippen molar-refractivity contribution in [1.82, 2.24) is 10.6 Å². The van der Waals surface area contributed by atoms with Gasteiger partial charge in [0.15, 0.2) is 0 Å². The lowest BCUT2D eigenvalue weighted by molar-refractivity contribution is -0.384. The zero-order valence-electron chi connectivity index (χ0n) is 15.7. The lowest BCUT2D eigenvalue weighted by Gasteiger charge is -2.22. The predicted molar refractivity (Wildman–Crippen MR) is 108 cm³/mol. The van der Waals surface area contributed by atoms with Gasteiger partial charge in [0.2, 0.25) is 0 Å². The molecule has 8 heteroatoms. The second kappa shape index (κ2) is 8.67. The summed E-state index contributed by atoms with van der Waals surface area (Å²) in [6, 6.07) is 11.9. The van der Waals surface area contributed by atoms with E-state index in [1.54, 1.807) is 24.3 Å². The fourth-order valence-electron chi connectivity index (χ4n) is 2.22. The minimum atomic E-state index is -0.556. The molecule has 0 radical (unpaired) electrons. The van der Waals surface area contributed by atoms with Crippen molar-refractivity contribution in [1.29, 1.82) is 0 Å². The number of benzene rings is 2. The van der Waals surface area contributed by atoms with Gasteiger partial charge in [-0.25, -0.2) is 0 Å². The van der Waals surface area contributed by atoms with E-state index in [2.05, 4.69) is 10.6 Å². The van der Waals surface area contributed by atoms with E-state index in [-0.39, 0.29) is 16.9 Å². The molecule has 0 unspecified atom stereocenters. The summed E-state index contributed by atoms with van der Waals surface area (Å²) in [4.78, 5) is 35.4. The average molecular weight is 402 g/mol. The molecule has 0 aliphatic rings. The maximum atomic E-state index is 12.6. The van der Waals surface area contributed by atoms with Crippen LogP contribution in [0, 0.1) is 10.1 Å². The Morgan fingerprint density at radius 3 is 2.11 bits per heavy atom. The van der Waals surface area contributed by atoms with E-state index in [1.807, 2.05) is 20.8 Å². The van der Waals surface area contributed by atoms with Crippen molar-refractivity contribution in [3.8, 4) is 0 Å². The van der Waals surface area contributed by atoms with Crippen LogP contribution < -0.4 is 10.6 Å². The van der Waals surface area contributed by atoms with Gasteiger partial charge in [-0.3, -0.25) is 19.7 Å². The van der Waals surface area contributed by atoms with Gasteiger partial charge in [-0.05, 0) is 56.7 Å². The third kappa shape index (κ3) is 6.21. The van der Waals surface area contributed by atoms with Crippen LogP contribution >= 0.6 is 11.6 Å². The van der Waals surface area contributed by atoms with E-state index in [9.17, 15) is 19.7 Å². The summed E-state index contributed by atoms with van der Waals surface area (Å²) in [7, 11) is 0. The average Bonchev–Trinajstić information content (AvgIpc) is 2.61. The maximum Gasteiger partial charge on any atom is 0.269 e. The predicted octanol–water partition coefficient (Wildman–Crippen LogP) is 3.93. The Balaban J connectivity index is 2.30. The fourth-order valence-corrected chi connectivity index (χ4v) is 2.35. The number of nitrogens with zero attached hydrogens (tertiary/aromatic N) is 1. The van der Waals surface area contributed by atoms with Crippen molar-refractivity contribution in [2.75, 3.05) is 0 Å². The molecule has 28 heavy (non-hydrogen) atoms. The highest BCUT2D eigenvalue weighted by Crippen LogP contribution is 2.15. The van der Waals surface area contributed by atoms with Gasteiger partial charge in [-0.2, -0.15) is 0 Å². The Hall–Kier alpha value is -3.19. The van der Waals surface area contributed by atoms with E-state index in [1.165, 1.54) is 30.3 Å². The molecule has 2 rings (SSSR count). The number of hydrogen-bond donors (Lipinski definition) is 2. The highest BCUT2D eigenvalue weighted by molar-refractivity contribution is 6.30. The Morgan fingerprint density at radius 2 is 1.61 bits per heavy atom. The number of hydrogen-bond acceptors (Lipinski definition) is 4. The van der Waals surface area contributed by atoms with E-state index < -0.39 is 22.3 Å². The first kappa shape index (κ1) is 21.1. The second-order valence-corrected chi connectivity index (χ2v) is 7.51. The highest BCUT2D eigenvalue weighted by Gasteiger charge is 2.20. The molecule has 146 valence electrons. The molecule has 0 saturated carbocycles. The van der Waals surface area contributed by atoms with Gasteiger partial charge in [0, 0.05) is 28.3 Å². The summed E-state index contributed by atoms with van der Waals surface area (Å²) in [6.07, 6.45) is 1.53. The van der Waals surface area contributed by atoms with Crippen molar-refractivity contribution >= 4 is 35.2 Å². The first-order chi connectivity index (χ1) is 13.0. The lowest BCUT2D eigenvalue weighted by atomic mass is 10.1. The number of rotatable bonds is 5. The van der Waals surface area contributed by atoms with Crippen molar-refractivity contribution in [3.63, 3.8) is 0 Å². The largest absolute Gasteiger partial charge is 0.346 e. The van der Waals surface area contributed by atoms with Crippen LogP contribution in [0.1, 0.15) is 36.7 Å². The smallest absolute Gasteiger partial charge is 0.269 e. The van der Waals surface area contributed by atoms with Crippen LogP contribution in [0.5, 0.6) is 0 Å². The molecule has 0 saturated heterocycles. The molecule has 0 aliphatic heterocycles. The van der Waals surface area contributed by atoms with Crippen molar-refractivity contribution < 1.29 is 14.5 Å². The summed E-state index contributed by atoms with van der Waals surface area (Å²) in [5.41, 5.74) is 0.275. The SMILES string of the molecule is CC(C)(C)NC(=O)/C(=C/c1ccc(Cl)cc1)NC(=O)c1ccc([N+](=O)[O-])cc1. The van der Waals surface area contributed by atoms with Gasteiger partial charge < -0.3 is 10.6 Å². The summed E-state index contributed by atoms with van der Waals surface area (Å²) in [6.45, 7) is 5.47. The molecule has 0 atom stereocenters. The number of halogens is 1. The van der Waals surface area contributed by atoms with Crippen LogP contribution in [0.4, 0.5) is 5.69 Å². The number of nitrogens with one attached hydrogen (secondary N) is 2. The number of carbonyl (C=O) groups is 2. The van der Waals surface area contributed by atoms with Crippen LogP contribution in [-0.2, 0) is 4.79 Å². The number of amides is 2. The molecule has 2 N–H and O–H groups in total. The molecule has 2 aromatic carbocycles. The second-order valence-electron chi connectivity index (χ2n) is 7.07. The number of non-ortho nitro benzene ring substituents is 1. The summed E-state index contributed by atoms with van der Waals surface area (Å²) in [5.74, 6) is -1.02. The standard InChI is InChI=1S/C20H20ClN3O4/c1-20(2,3)23-19(26)17(12-13-4-8-15(21)9-5-13)22-18(25)14-6-10-16(11-7-14)24(27)28/h4-12H,1-3H3,(H,22,25)(H,23,26)/b17-12-. The third-order valence-corrected chi connectivity index (χ3v) is 3.75. The zero-order chi connectivity index (χ0) is 20.9. The van der Waals surface area contributed by atoms with E-state index in [0.29, 0.717) is 10.6 Å². The quantitative estimate of drug-likeness (QED) is 0.450. The third-order valence-electron chi connectivity index (χ3n) is 3.50. The molecular formula is C20H20ClN3O4. The van der Waals surface area contributed by atoms with Gasteiger partial charge in [0.1, 0.15) is 5.70 Å². The van der Waals surface area contributed by atoms with Crippen LogP contribution in [0.3, 0.4) is 0 Å². The van der Waals surface area contributed by atoms with E-state index in [0.717, 1.165) is 0 Å². The molecule has 0 fully saturated rings. The summed E-state index contributed by atoms with van der Waals surface area (Å²) in [5, 5.41) is 16.7. The number of nitro benzene ring substituents is 1. The van der Waals surface area contributed by atoms with Crippen molar-refractivity contribution in [2.24, 2.45) is 0 Å². The van der Waals surface area contributed by atoms with E-state index >= 15 is 0 Å². The molecule has 2 aromatic rings. The first-order valence-electron chi connectivity index (χ1n) is 8.41. The monoisotopic (exact) mass is 401 g/mol. The Kier molecular flexibility index (Phi) is 6.53. The molecule has 0 bridgehead atoms. The minimum absolute atomic E-state index is 0.0422. The summed E-state index contributed by atoms with van der Waals surface area (Å²) >= 11 is 5.88. The molecule has 0 spiro atoms. The van der Waals surface area contributed by atoms with Crippen LogP contribution in [0.15, 0.2) is 54.2 Å². The van der Waals surface area contributed by atoms with Gasteiger partial charge >= 0.3 is 0 Å². The Labute approximate surface area is 167 Å². The number of carbonyl (C=O) groups excluding carboxylic acids is 2. The van der Waals surface area contributed by atoms with E-state index in [4.69, 9.17) is 11.6 Å². The van der Waals surface area contributed by atoms with Crippen LogP contribution in [0.2, 0.25) is 5.02 Å². The molecule has 7 nitrogen and oxygen atoms in total. The van der Waals surface area contributed by atoms with Crippen LogP contribution in [-0.4, -0.2) is 22.3 Å². The maximum absolute atomic E-state index is 12.6. The number of nitro groups is 1. The summed E-state index contributed by atoms with van der Waals surface area (Å²) < 4.78 is 0. The van der Waals surface area contributed by atoms with Gasteiger partial charge in [0.25, 0.3) is 17.5 Å². The molecular weight excluding hydrogens is 382 g/mol. The molecule has 0 heterocycles. The molecule has 2 amide bonds. The van der Waals surface area contributed by atoms with Gasteiger partial charge in [0.05, 0.1) is 4.92 Å². The van der Waals surface area contributed by atoms with Gasteiger partial charge in [-0.15, -0.1) is 0 Å².